The van der Waals surface area contributed by atoms with Crippen LogP contribution in [-0.4, -0.2) is 49.4 Å². The molecule has 1 fully saturated rings. The van der Waals surface area contributed by atoms with Gasteiger partial charge in [0.25, 0.3) is 0 Å². The van der Waals surface area contributed by atoms with E-state index in [1.54, 1.807) is 18.6 Å². The highest BCUT2D eigenvalue weighted by Crippen LogP contribution is 2.34. The van der Waals surface area contributed by atoms with Gasteiger partial charge in [-0.1, -0.05) is 19.0 Å². The standard InChI is InChI=1S/C21H26N6O2/c1-5-15-14(4)26-29-20(15)16-9-24-21(27-7-6-18(28)12(2)11-27)25-19(16)17-10-22-13(3)8-23-17/h8-10,12,18,28H,5-7,11H2,1-4H3/t12-,18-/m1/s1. The number of nitrogens with zero attached hydrogens (tertiary/aromatic N) is 6. The fourth-order valence-corrected chi connectivity index (χ4v) is 3.73. The molecular weight excluding hydrogens is 368 g/mol. The molecule has 0 saturated carbocycles. The molecule has 8 nitrogen and oxygen atoms in total. The summed E-state index contributed by atoms with van der Waals surface area (Å²) in [4.78, 5) is 20.5. The predicted octanol–water partition coefficient (Wildman–Crippen LogP) is 2.97. The fraction of sp³-hybridized carbons (Fsp3) is 0.476. The van der Waals surface area contributed by atoms with Crippen molar-refractivity contribution in [2.75, 3.05) is 18.0 Å². The summed E-state index contributed by atoms with van der Waals surface area (Å²) >= 11 is 0. The normalized spacial score (nSPS) is 19.6. The van der Waals surface area contributed by atoms with E-state index in [1.807, 2.05) is 20.8 Å². The minimum atomic E-state index is -0.280. The second-order valence-electron chi connectivity index (χ2n) is 7.68. The Morgan fingerprint density at radius 3 is 2.69 bits per heavy atom. The summed E-state index contributed by atoms with van der Waals surface area (Å²) in [6, 6.07) is 0. The summed E-state index contributed by atoms with van der Waals surface area (Å²) in [5, 5.41) is 14.2. The lowest BCUT2D eigenvalue weighted by atomic mass is 9.97. The zero-order valence-electron chi connectivity index (χ0n) is 17.3. The summed E-state index contributed by atoms with van der Waals surface area (Å²) in [7, 11) is 0. The van der Waals surface area contributed by atoms with Crippen LogP contribution < -0.4 is 4.90 Å². The van der Waals surface area contributed by atoms with Crippen molar-refractivity contribution in [3.63, 3.8) is 0 Å². The number of piperidine rings is 1. The topological polar surface area (TPSA) is 101 Å². The highest BCUT2D eigenvalue weighted by atomic mass is 16.5. The summed E-state index contributed by atoms with van der Waals surface area (Å²) in [6.07, 6.45) is 6.46. The van der Waals surface area contributed by atoms with Crippen LogP contribution in [0.15, 0.2) is 23.1 Å². The number of aromatic nitrogens is 5. The van der Waals surface area contributed by atoms with Crippen LogP contribution in [0.3, 0.4) is 0 Å². The Morgan fingerprint density at radius 1 is 1.17 bits per heavy atom. The van der Waals surface area contributed by atoms with Gasteiger partial charge in [-0.25, -0.2) is 9.97 Å². The molecule has 3 aromatic rings. The number of rotatable bonds is 4. The van der Waals surface area contributed by atoms with Crippen molar-refractivity contribution < 1.29 is 9.63 Å². The summed E-state index contributed by atoms with van der Waals surface area (Å²) in [5.74, 6) is 1.47. The van der Waals surface area contributed by atoms with E-state index < -0.39 is 0 Å². The molecule has 1 N–H and O–H groups in total. The molecule has 0 spiro atoms. The molecular formula is C21H26N6O2. The van der Waals surface area contributed by atoms with Crippen LogP contribution in [-0.2, 0) is 6.42 Å². The molecule has 0 amide bonds. The smallest absolute Gasteiger partial charge is 0.225 e. The zero-order chi connectivity index (χ0) is 20.5. The highest BCUT2D eigenvalue weighted by molar-refractivity contribution is 5.78. The van der Waals surface area contributed by atoms with Gasteiger partial charge in [-0.15, -0.1) is 0 Å². The summed E-state index contributed by atoms with van der Waals surface area (Å²) in [6.45, 7) is 9.38. The fourth-order valence-electron chi connectivity index (χ4n) is 3.73. The summed E-state index contributed by atoms with van der Waals surface area (Å²) in [5.41, 5.74) is 4.84. The van der Waals surface area contributed by atoms with Crippen molar-refractivity contribution in [3.8, 4) is 22.7 Å². The molecule has 4 rings (SSSR count). The second-order valence-corrected chi connectivity index (χ2v) is 7.68. The maximum absolute atomic E-state index is 10.0. The van der Waals surface area contributed by atoms with Crippen LogP contribution in [0.5, 0.6) is 0 Å². The number of aliphatic hydroxyl groups is 1. The maximum Gasteiger partial charge on any atom is 0.225 e. The average molecular weight is 394 g/mol. The molecule has 0 radical (unpaired) electrons. The van der Waals surface area contributed by atoms with Crippen LogP contribution in [0, 0.1) is 19.8 Å². The Kier molecular flexibility index (Phi) is 5.27. The van der Waals surface area contributed by atoms with Crippen molar-refractivity contribution in [2.45, 2.75) is 46.6 Å². The Balaban J connectivity index is 1.82. The summed E-state index contributed by atoms with van der Waals surface area (Å²) < 4.78 is 5.65. The third-order valence-electron chi connectivity index (χ3n) is 5.53. The van der Waals surface area contributed by atoms with Crippen LogP contribution >= 0.6 is 0 Å². The molecule has 152 valence electrons. The van der Waals surface area contributed by atoms with Crippen molar-refractivity contribution in [1.29, 1.82) is 0 Å². The van der Waals surface area contributed by atoms with Gasteiger partial charge in [0.2, 0.25) is 5.95 Å². The van der Waals surface area contributed by atoms with E-state index in [0.717, 1.165) is 28.9 Å². The van der Waals surface area contributed by atoms with Gasteiger partial charge in [0.05, 0.1) is 29.3 Å². The van der Waals surface area contributed by atoms with E-state index in [-0.39, 0.29) is 12.0 Å². The van der Waals surface area contributed by atoms with Crippen molar-refractivity contribution in [3.05, 3.63) is 35.5 Å². The molecule has 29 heavy (non-hydrogen) atoms. The molecule has 4 heterocycles. The van der Waals surface area contributed by atoms with Crippen LogP contribution in [0.25, 0.3) is 22.7 Å². The lowest BCUT2D eigenvalue weighted by Gasteiger charge is -2.34. The Labute approximate surface area is 170 Å². The first-order chi connectivity index (χ1) is 14.0. The minimum absolute atomic E-state index is 0.165. The van der Waals surface area contributed by atoms with Crippen molar-refractivity contribution >= 4 is 5.95 Å². The van der Waals surface area contributed by atoms with E-state index in [2.05, 4.69) is 31.9 Å². The minimum Gasteiger partial charge on any atom is -0.393 e. The van der Waals surface area contributed by atoms with E-state index >= 15 is 0 Å². The van der Waals surface area contributed by atoms with Gasteiger partial charge in [0, 0.05) is 31.0 Å². The van der Waals surface area contributed by atoms with Crippen LogP contribution in [0.1, 0.15) is 37.2 Å². The maximum atomic E-state index is 10.0. The number of hydrogen-bond donors (Lipinski definition) is 1. The Bertz CT molecular complexity index is 1000. The molecule has 1 saturated heterocycles. The van der Waals surface area contributed by atoms with Gasteiger partial charge < -0.3 is 14.5 Å². The molecule has 0 bridgehead atoms. The molecule has 8 heteroatoms. The first-order valence-electron chi connectivity index (χ1n) is 10.0. The third kappa shape index (κ3) is 3.72. The molecule has 2 atom stereocenters. The second kappa shape index (κ2) is 7.87. The quantitative estimate of drug-likeness (QED) is 0.721. The Morgan fingerprint density at radius 2 is 2.00 bits per heavy atom. The van der Waals surface area contributed by atoms with Crippen LogP contribution in [0.2, 0.25) is 0 Å². The SMILES string of the molecule is CCc1c(C)noc1-c1cnc(N2CC[C@@H](O)[C@H](C)C2)nc1-c1cnc(C)cn1. The largest absolute Gasteiger partial charge is 0.393 e. The lowest BCUT2D eigenvalue weighted by Crippen LogP contribution is -2.42. The van der Waals surface area contributed by atoms with E-state index in [4.69, 9.17) is 9.51 Å². The number of anilines is 1. The van der Waals surface area contributed by atoms with Gasteiger partial charge in [-0.05, 0) is 32.6 Å². The molecule has 1 aliphatic heterocycles. The number of aliphatic hydroxyl groups excluding tert-OH is 1. The van der Waals surface area contributed by atoms with Gasteiger partial charge in [-0.2, -0.15) is 0 Å². The zero-order valence-corrected chi connectivity index (χ0v) is 17.3. The van der Waals surface area contributed by atoms with E-state index in [0.29, 0.717) is 42.6 Å². The number of aryl methyl sites for hydroxylation is 2. The van der Waals surface area contributed by atoms with Crippen LogP contribution in [0.4, 0.5) is 5.95 Å². The number of hydrogen-bond acceptors (Lipinski definition) is 8. The van der Waals surface area contributed by atoms with Gasteiger partial charge in [-0.3, -0.25) is 9.97 Å². The van der Waals surface area contributed by atoms with E-state index in [9.17, 15) is 5.11 Å². The highest BCUT2D eigenvalue weighted by Gasteiger charge is 2.27. The van der Waals surface area contributed by atoms with Gasteiger partial charge in [0.1, 0.15) is 11.4 Å². The first-order valence-corrected chi connectivity index (χ1v) is 10.0. The molecule has 0 aromatic carbocycles. The molecule has 3 aromatic heterocycles. The predicted molar refractivity (Wildman–Crippen MR) is 109 cm³/mol. The first kappa shape index (κ1) is 19.4. The van der Waals surface area contributed by atoms with Gasteiger partial charge >= 0.3 is 0 Å². The van der Waals surface area contributed by atoms with Crippen molar-refractivity contribution in [1.82, 2.24) is 25.1 Å². The lowest BCUT2D eigenvalue weighted by molar-refractivity contribution is 0.0966. The molecule has 0 aliphatic carbocycles. The molecule has 1 aliphatic rings. The monoisotopic (exact) mass is 394 g/mol. The average Bonchev–Trinajstić information content (AvgIpc) is 3.10. The third-order valence-corrected chi connectivity index (χ3v) is 5.53. The molecule has 0 unspecified atom stereocenters. The van der Waals surface area contributed by atoms with Crippen molar-refractivity contribution in [2.24, 2.45) is 5.92 Å². The van der Waals surface area contributed by atoms with Gasteiger partial charge in [0.15, 0.2) is 5.76 Å². The van der Waals surface area contributed by atoms with E-state index in [1.165, 1.54) is 0 Å². The Hall–Kier alpha value is -2.87.